The summed E-state index contributed by atoms with van der Waals surface area (Å²) >= 11 is 0. The van der Waals surface area contributed by atoms with Gasteiger partial charge in [-0.3, -0.25) is 9.58 Å². The number of methoxy groups -OCH3 is 1. The fraction of sp³-hybridized carbons (Fsp3) is 0.423. The van der Waals surface area contributed by atoms with E-state index in [1.54, 1.807) is 7.11 Å². The van der Waals surface area contributed by atoms with Crippen molar-refractivity contribution in [1.29, 1.82) is 0 Å². The molecular formula is C26H35N3O3. The summed E-state index contributed by atoms with van der Waals surface area (Å²) in [7, 11) is 3.84. The first kappa shape index (κ1) is 23.8. The Morgan fingerprint density at radius 3 is 2.25 bits per heavy atom. The molecule has 32 heavy (non-hydrogen) atoms. The van der Waals surface area contributed by atoms with Gasteiger partial charge in [-0.15, -0.1) is 0 Å². The highest BCUT2D eigenvalue weighted by atomic mass is 16.5. The third-order valence-electron chi connectivity index (χ3n) is 5.55. The smallest absolute Gasteiger partial charge is 0.119 e. The zero-order chi connectivity index (χ0) is 22.9. The molecule has 1 heterocycles. The Kier molecular flexibility index (Phi) is 8.71. The van der Waals surface area contributed by atoms with Gasteiger partial charge in [0.2, 0.25) is 0 Å². The summed E-state index contributed by atoms with van der Waals surface area (Å²) in [5.41, 5.74) is 4.80. The Balaban J connectivity index is 1.54. The minimum absolute atomic E-state index is 0.0356. The average molecular weight is 438 g/mol. The predicted molar refractivity (Wildman–Crippen MR) is 127 cm³/mol. The molecule has 0 N–H and O–H groups in total. The topological polar surface area (TPSA) is 48.8 Å². The minimum atomic E-state index is -0.0356. The summed E-state index contributed by atoms with van der Waals surface area (Å²) in [5.74, 6) is 1.66. The van der Waals surface area contributed by atoms with E-state index in [1.807, 2.05) is 37.3 Å². The van der Waals surface area contributed by atoms with Crippen molar-refractivity contribution < 1.29 is 14.2 Å². The molecule has 0 spiro atoms. The number of aryl methyl sites for hydroxylation is 1. The number of rotatable bonds is 12. The van der Waals surface area contributed by atoms with Crippen molar-refractivity contribution in [3.05, 3.63) is 77.1 Å². The van der Waals surface area contributed by atoms with Crippen LogP contribution in [-0.4, -0.2) is 54.7 Å². The zero-order valence-corrected chi connectivity index (χ0v) is 19.9. The largest absolute Gasteiger partial charge is 0.494 e. The van der Waals surface area contributed by atoms with Crippen LogP contribution < -0.4 is 9.47 Å². The van der Waals surface area contributed by atoms with Gasteiger partial charge in [0.15, 0.2) is 0 Å². The van der Waals surface area contributed by atoms with Gasteiger partial charge in [0.1, 0.15) is 24.2 Å². The molecule has 0 radical (unpaired) electrons. The first-order chi connectivity index (χ1) is 15.5. The van der Waals surface area contributed by atoms with Crippen LogP contribution in [0.15, 0.2) is 54.6 Å². The van der Waals surface area contributed by atoms with Gasteiger partial charge in [-0.05, 0) is 57.6 Å². The van der Waals surface area contributed by atoms with Crippen molar-refractivity contribution in [2.75, 3.05) is 33.9 Å². The summed E-state index contributed by atoms with van der Waals surface area (Å²) in [6.07, 6.45) is -0.0356. The van der Waals surface area contributed by atoms with Gasteiger partial charge in [-0.2, -0.15) is 5.10 Å². The van der Waals surface area contributed by atoms with E-state index in [0.29, 0.717) is 13.2 Å². The van der Waals surface area contributed by atoms with E-state index < -0.39 is 0 Å². The number of likely N-dealkylation sites (N-methyl/N-ethyl adjacent to an activating group) is 1. The van der Waals surface area contributed by atoms with E-state index in [4.69, 9.17) is 19.3 Å². The van der Waals surface area contributed by atoms with E-state index in [2.05, 4.69) is 54.7 Å². The molecule has 3 aromatic rings. The predicted octanol–water partition coefficient (Wildman–Crippen LogP) is 4.47. The second kappa shape index (κ2) is 11.7. The van der Waals surface area contributed by atoms with Gasteiger partial charge < -0.3 is 14.2 Å². The van der Waals surface area contributed by atoms with Crippen LogP contribution in [-0.2, 0) is 17.8 Å². The highest BCUT2D eigenvalue weighted by molar-refractivity contribution is 5.31. The number of aromatic nitrogens is 2. The summed E-state index contributed by atoms with van der Waals surface area (Å²) in [5, 5.41) is 4.78. The lowest BCUT2D eigenvalue weighted by atomic mass is 10.1. The van der Waals surface area contributed by atoms with Crippen LogP contribution in [0.25, 0.3) is 0 Å². The van der Waals surface area contributed by atoms with Gasteiger partial charge in [-0.25, -0.2) is 0 Å². The molecule has 0 fully saturated rings. The summed E-state index contributed by atoms with van der Waals surface area (Å²) < 4.78 is 19.2. The standard InChI is InChI=1S/C26H35N3O3/c1-6-31-23-12-14-24(15-13-23)32-19-25(30-5)17-28(4)18-26-20(2)27-29(21(26)3)16-22-10-8-7-9-11-22/h7-15,25H,6,16-19H2,1-5H3. The summed E-state index contributed by atoms with van der Waals surface area (Å²) in [6.45, 7) is 9.71. The monoisotopic (exact) mass is 437 g/mol. The van der Waals surface area contributed by atoms with Crippen LogP contribution in [0.5, 0.6) is 11.5 Å². The van der Waals surface area contributed by atoms with E-state index in [9.17, 15) is 0 Å². The van der Waals surface area contributed by atoms with E-state index >= 15 is 0 Å². The molecule has 0 aliphatic rings. The van der Waals surface area contributed by atoms with Crippen molar-refractivity contribution >= 4 is 0 Å². The third kappa shape index (κ3) is 6.58. The maximum atomic E-state index is 5.94. The lowest BCUT2D eigenvalue weighted by Crippen LogP contribution is -2.34. The lowest BCUT2D eigenvalue weighted by Gasteiger charge is -2.23. The fourth-order valence-electron chi connectivity index (χ4n) is 3.74. The van der Waals surface area contributed by atoms with Gasteiger partial charge in [-0.1, -0.05) is 30.3 Å². The van der Waals surface area contributed by atoms with Crippen molar-refractivity contribution in [3.8, 4) is 11.5 Å². The summed E-state index contributed by atoms with van der Waals surface area (Å²) in [4.78, 5) is 2.26. The van der Waals surface area contributed by atoms with Crippen molar-refractivity contribution in [2.24, 2.45) is 0 Å². The third-order valence-corrected chi connectivity index (χ3v) is 5.55. The summed E-state index contributed by atoms with van der Waals surface area (Å²) in [6, 6.07) is 18.1. The van der Waals surface area contributed by atoms with Gasteiger partial charge in [0.25, 0.3) is 0 Å². The number of hydrogen-bond acceptors (Lipinski definition) is 5. The molecule has 0 aliphatic carbocycles. The molecule has 0 aliphatic heterocycles. The van der Waals surface area contributed by atoms with E-state index in [1.165, 1.54) is 16.8 Å². The van der Waals surface area contributed by atoms with Gasteiger partial charge >= 0.3 is 0 Å². The van der Waals surface area contributed by atoms with Crippen LogP contribution in [0.1, 0.15) is 29.4 Å². The Bertz CT molecular complexity index is 954. The molecule has 1 unspecified atom stereocenters. The SMILES string of the molecule is CCOc1ccc(OCC(CN(C)Cc2c(C)nn(Cc3ccccc3)c2C)OC)cc1. The van der Waals surface area contributed by atoms with Crippen molar-refractivity contribution in [2.45, 2.75) is 40.0 Å². The number of ether oxygens (including phenoxy) is 3. The maximum absolute atomic E-state index is 5.94. The van der Waals surface area contributed by atoms with Gasteiger partial charge in [0.05, 0.1) is 18.8 Å². The normalized spacial score (nSPS) is 12.2. The average Bonchev–Trinajstić information content (AvgIpc) is 3.05. The molecule has 0 amide bonds. The Hall–Kier alpha value is -2.83. The number of nitrogens with zero attached hydrogens (tertiary/aromatic N) is 3. The highest BCUT2D eigenvalue weighted by Crippen LogP contribution is 2.19. The molecule has 0 bridgehead atoms. The Morgan fingerprint density at radius 1 is 0.969 bits per heavy atom. The van der Waals surface area contributed by atoms with Crippen LogP contribution in [0.4, 0.5) is 0 Å². The fourth-order valence-corrected chi connectivity index (χ4v) is 3.74. The molecule has 1 atom stereocenters. The molecule has 6 heteroatoms. The van der Waals surface area contributed by atoms with Crippen molar-refractivity contribution in [1.82, 2.24) is 14.7 Å². The number of hydrogen-bond donors (Lipinski definition) is 0. The van der Waals surface area contributed by atoms with E-state index in [0.717, 1.165) is 36.8 Å². The Labute approximate surface area is 191 Å². The molecule has 1 aromatic heterocycles. The van der Waals surface area contributed by atoms with Crippen LogP contribution in [0, 0.1) is 13.8 Å². The first-order valence-corrected chi connectivity index (χ1v) is 11.1. The second-order valence-electron chi connectivity index (χ2n) is 8.06. The second-order valence-corrected chi connectivity index (χ2v) is 8.06. The molecule has 0 saturated heterocycles. The molecule has 172 valence electrons. The lowest BCUT2D eigenvalue weighted by molar-refractivity contribution is 0.0335. The van der Waals surface area contributed by atoms with Crippen LogP contribution in [0.2, 0.25) is 0 Å². The molecule has 0 saturated carbocycles. The zero-order valence-electron chi connectivity index (χ0n) is 19.9. The van der Waals surface area contributed by atoms with E-state index in [-0.39, 0.29) is 6.10 Å². The van der Waals surface area contributed by atoms with Crippen LogP contribution in [0.3, 0.4) is 0 Å². The number of benzene rings is 2. The first-order valence-electron chi connectivity index (χ1n) is 11.1. The minimum Gasteiger partial charge on any atom is -0.494 e. The molecule has 3 rings (SSSR count). The molecular weight excluding hydrogens is 402 g/mol. The maximum Gasteiger partial charge on any atom is 0.119 e. The Morgan fingerprint density at radius 2 is 1.62 bits per heavy atom. The molecule has 2 aromatic carbocycles. The van der Waals surface area contributed by atoms with Gasteiger partial charge in [0, 0.05) is 31.5 Å². The van der Waals surface area contributed by atoms with Crippen LogP contribution >= 0.6 is 0 Å². The molecule has 6 nitrogen and oxygen atoms in total. The quantitative estimate of drug-likeness (QED) is 0.418. The highest BCUT2D eigenvalue weighted by Gasteiger charge is 2.17. The van der Waals surface area contributed by atoms with Crippen molar-refractivity contribution in [3.63, 3.8) is 0 Å².